The molecule has 0 aliphatic carbocycles. The van der Waals surface area contributed by atoms with E-state index in [1.54, 1.807) is 0 Å². The predicted molar refractivity (Wildman–Crippen MR) is 92.1 cm³/mol. The molecule has 0 aromatic carbocycles. The molecule has 1 aliphatic heterocycles. The van der Waals surface area contributed by atoms with Crippen molar-refractivity contribution >= 4 is 6.09 Å². The van der Waals surface area contributed by atoms with Gasteiger partial charge in [-0.15, -0.1) is 0 Å². The Balaban J connectivity index is 2.55. The largest absolute Gasteiger partial charge is 0.444 e. The average Bonchev–Trinajstić information content (AvgIpc) is 2.73. The van der Waals surface area contributed by atoms with E-state index < -0.39 is 5.60 Å². The Morgan fingerprint density at radius 3 is 2.32 bits per heavy atom. The minimum Gasteiger partial charge on any atom is -0.444 e. The van der Waals surface area contributed by atoms with E-state index >= 15 is 0 Å². The van der Waals surface area contributed by atoms with E-state index in [0.717, 1.165) is 25.8 Å². The summed E-state index contributed by atoms with van der Waals surface area (Å²) in [6.07, 6.45) is 2.98. The van der Waals surface area contributed by atoms with E-state index in [1.165, 1.54) is 0 Å². The maximum absolute atomic E-state index is 12.3. The highest BCUT2D eigenvalue weighted by molar-refractivity contribution is 5.68. The van der Waals surface area contributed by atoms with Crippen molar-refractivity contribution in [2.75, 3.05) is 6.54 Å². The first-order valence-corrected chi connectivity index (χ1v) is 8.66. The summed E-state index contributed by atoms with van der Waals surface area (Å²) in [6.45, 7) is 17.8. The van der Waals surface area contributed by atoms with E-state index in [2.05, 4.69) is 39.9 Å². The molecule has 3 unspecified atom stereocenters. The molecule has 0 bridgehead atoms. The van der Waals surface area contributed by atoms with Gasteiger partial charge in [-0.1, -0.05) is 20.8 Å². The number of carbonyl (C=O) groups excluding carboxylic acids is 1. The van der Waals surface area contributed by atoms with Gasteiger partial charge in [0.2, 0.25) is 0 Å². The molecule has 1 rings (SSSR count). The summed E-state index contributed by atoms with van der Waals surface area (Å²) in [4.78, 5) is 14.2. The Morgan fingerprint density at radius 1 is 1.23 bits per heavy atom. The van der Waals surface area contributed by atoms with Crippen LogP contribution < -0.4 is 5.32 Å². The summed E-state index contributed by atoms with van der Waals surface area (Å²) in [5.74, 6) is 0. The summed E-state index contributed by atoms with van der Waals surface area (Å²) in [6, 6.07) is 1.13. The molecule has 1 fully saturated rings. The fourth-order valence-electron chi connectivity index (χ4n) is 2.79. The number of carbonyl (C=O) groups is 1. The number of rotatable bonds is 4. The second-order valence-electron chi connectivity index (χ2n) is 8.86. The Morgan fingerprint density at radius 2 is 1.82 bits per heavy atom. The third-order valence-corrected chi connectivity index (χ3v) is 4.46. The number of amides is 1. The molecule has 0 aromatic rings. The second kappa shape index (κ2) is 7.20. The fraction of sp³-hybridized carbons (Fsp3) is 0.944. The van der Waals surface area contributed by atoms with Crippen LogP contribution in [-0.4, -0.2) is 41.3 Å². The summed E-state index contributed by atoms with van der Waals surface area (Å²) in [5.41, 5.74) is -0.177. The molecule has 4 nitrogen and oxygen atoms in total. The number of nitrogens with one attached hydrogen (secondary N) is 1. The molecular formula is C18H36N2O2. The molecule has 1 amide bonds. The lowest BCUT2D eigenvalue weighted by Crippen LogP contribution is -2.46. The maximum atomic E-state index is 12.3. The molecule has 1 aliphatic rings. The molecule has 22 heavy (non-hydrogen) atoms. The molecule has 1 saturated heterocycles. The fourth-order valence-corrected chi connectivity index (χ4v) is 2.79. The van der Waals surface area contributed by atoms with Crippen LogP contribution in [0.5, 0.6) is 0 Å². The SMILES string of the molecule is CC(CC1CCCN1C(=O)OC(C)(C)C)NC(C)C(C)(C)C. The molecule has 3 atom stereocenters. The zero-order chi connectivity index (χ0) is 17.1. The first-order chi connectivity index (χ1) is 9.90. The standard InChI is InChI=1S/C18H36N2O2/c1-13(19-14(2)17(3,4)5)12-15-10-9-11-20(15)16(21)22-18(6,7)8/h13-15,19H,9-12H2,1-8H3. The van der Waals surface area contributed by atoms with Gasteiger partial charge in [0.25, 0.3) is 0 Å². The summed E-state index contributed by atoms with van der Waals surface area (Å²) in [7, 11) is 0. The van der Waals surface area contributed by atoms with Crippen molar-refractivity contribution < 1.29 is 9.53 Å². The van der Waals surface area contributed by atoms with Crippen molar-refractivity contribution in [3.05, 3.63) is 0 Å². The van der Waals surface area contributed by atoms with Crippen molar-refractivity contribution in [1.29, 1.82) is 0 Å². The van der Waals surface area contributed by atoms with Gasteiger partial charge in [-0.05, 0) is 59.3 Å². The van der Waals surface area contributed by atoms with Gasteiger partial charge in [-0.3, -0.25) is 0 Å². The smallest absolute Gasteiger partial charge is 0.410 e. The van der Waals surface area contributed by atoms with Gasteiger partial charge in [0, 0.05) is 24.7 Å². The second-order valence-corrected chi connectivity index (χ2v) is 8.86. The van der Waals surface area contributed by atoms with Gasteiger partial charge >= 0.3 is 6.09 Å². The van der Waals surface area contributed by atoms with Crippen molar-refractivity contribution in [1.82, 2.24) is 10.2 Å². The van der Waals surface area contributed by atoms with Crippen molar-refractivity contribution in [2.45, 2.75) is 98.4 Å². The Bertz CT molecular complexity index is 368. The molecule has 0 saturated carbocycles. The lowest BCUT2D eigenvalue weighted by molar-refractivity contribution is 0.0212. The zero-order valence-corrected chi connectivity index (χ0v) is 15.8. The van der Waals surface area contributed by atoms with Crippen LogP contribution in [0.1, 0.15) is 74.7 Å². The Hall–Kier alpha value is -0.770. The molecule has 1 heterocycles. The number of nitrogens with zero attached hydrogens (tertiary/aromatic N) is 1. The highest BCUT2D eigenvalue weighted by Crippen LogP contribution is 2.25. The number of ether oxygens (including phenoxy) is 1. The third kappa shape index (κ3) is 6.15. The minimum absolute atomic E-state index is 0.161. The van der Waals surface area contributed by atoms with E-state index in [1.807, 2.05) is 25.7 Å². The van der Waals surface area contributed by atoms with E-state index in [-0.39, 0.29) is 11.5 Å². The average molecular weight is 312 g/mol. The maximum Gasteiger partial charge on any atom is 0.410 e. The number of hydrogen-bond donors (Lipinski definition) is 1. The van der Waals surface area contributed by atoms with Crippen molar-refractivity contribution in [3.63, 3.8) is 0 Å². The van der Waals surface area contributed by atoms with Gasteiger partial charge in [0.15, 0.2) is 0 Å². The lowest BCUT2D eigenvalue weighted by Gasteiger charge is -2.34. The normalized spacial score (nSPS) is 22.5. The van der Waals surface area contributed by atoms with Crippen LogP contribution in [0.15, 0.2) is 0 Å². The highest BCUT2D eigenvalue weighted by Gasteiger charge is 2.33. The van der Waals surface area contributed by atoms with Crippen molar-refractivity contribution in [2.24, 2.45) is 5.41 Å². The van der Waals surface area contributed by atoms with E-state index in [4.69, 9.17) is 4.74 Å². The van der Waals surface area contributed by atoms with Gasteiger partial charge < -0.3 is 15.0 Å². The van der Waals surface area contributed by atoms with E-state index in [9.17, 15) is 4.79 Å². The van der Waals surface area contributed by atoms with Gasteiger partial charge in [0.05, 0.1) is 0 Å². The third-order valence-electron chi connectivity index (χ3n) is 4.46. The highest BCUT2D eigenvalue weighted by atomic mass is 16.6. The van der Waals surface area contributed by atoms with Crippen LogP contribution in [-0.2, 0) is 4.74 Å². The van der Waals surface area contributed by atoms with Gasteiger partial charge in [-0.25, -0.2) is 4.79 Å². The van der Waals surface area contributed by atoms with Gasteiger partial charge in [-0.2, -0.15) is 0 Å². The van der Waals surface area contributed by atoms with E-state index in [0.29, 0.717) is 18.1 Å². The zero-order valence-electron chi connectivity index (χ0n) is 15.8. The number of hydrogen-bond acceptors (Lipinski definition) is 3. The molecule has 0 aromatic heterocycles. The van der Waals surface area contributed by atoms with Crippen molar-refractivity contribution in [3.8, 4) is 0 Å². The minimum atomic E-state index is -0.422. The molecule has 4 heteroatoms. The first kappa shape index (κ1) is 19.3. The van der Waals surface area contributed by atoms with Crippen LogP contribution in [0, 0.1) is 5.41 Å². The van der Waals surface area contributed by atoms with Crippen LogP contribution in [0.25, 0.3) is 0 Å². The Kier molecular flexibility index (Phi) is 6.31. The van der Waals surface area contributed by atoms with Crippen LogP contribution in [0.4, 0.5) is 4.79 Å². The summed E-state index contributed by atoms with van der Waals surface area (Å²) < 4.78 is 5.54. The molecule has 0 radical (unpaired) electrons. The molecular weight excluding hydrogens is 276 g/mol. The summed E-state index contributed by atoms with van der Waals surface area (Å²) in [5, 5.41) is 3.68. The number of likely N-dealkylation sites (tertiary alicyclic amines) is 1. The van der Waals surface area contributed by atoms with Crippen LogP contribution in [0.2, 0.25) is 0 Å². The Labute approximate surface area is 137 Å². The van der Waals surface area contributed by atoms with Crippen LogP contribution in [0.3, 0.4) is 0 Å². The first-order valence-electron chi connectivity index (χ1n) is 8.66. The predicted octanol–water partition coefficient (Wildman–Crippen LogP) is 4.19. The summed E-state index contributed by atoms with van der Waals surface area (Å²) >= 11 is 0. The molecule has 0 spiro atoms. The van der Waals surface area contributed by atoms with Gasteiger partial charge in [0.1, 0.15) is 5.60 Å². The molecule has 1 N–H and O–H groups in total. The van der Waals surface area contributed by atoms with Crippen LogP contribution >= 0.6 is 0 Å². The lowest BCUT2D eigenvalue weighted by atomic mass is 9.87. The quantitative estimate of drug-likeness (QED) is 0.846. The monoisotopic (exact) mass is 312 g/mol. The topological polar surface area (TPSA) is 41.6 Å². The molecule has 130 valence electrons.